The van der Waals surface area contributed by atoms with Crippen LogP contribution in [-0.4, -0.2) is 29.8 Å². The molecule has 0 bridgehead atoms. The molecule has 2 nitrogen and oxygen atoms in total. The maximum Gasteiger partial charge on any atom is 0.254 e. The van der Waals surface area contributed by atoms with Crippen molar-refractivity contribution in [2.75, 3.05) is 19.0 Å². The summed E-state index contributed by atoms with van der Waals surface area (Å²) in [6, 6.07) is 1.86. The van der Waals surface area contributed by atoms with Crippen molar-refractivity contribution >= 4 is 44.8 Å². The lowest BCUT2D eigenvalue weighted by atomic mass is 10.3. The monoisotopic (exact) mass is 309 g/mol. The standard InChI is InChI=1S/C10H13BrClNOS/c1-2-13(5-3-4-12)10(14)8-6-9(11)15-7-8/h6-7H,2-5H2,1H3. The van der Waals surface area contributed by atoms with Gasteiger partial charge in [-0.15, -0.1) is 22.9 Å². The van der Waals surface area contributed by atoms with Gasteiger partial charge in [0.2, 0.25) is 0 Å². The number of hydrogen-bond acceptors (Lipinski definition) is 2. The Morgan fingerprint density at radius 2 is 2.40 bits per heavy atom. The molecule has 0 unspecified atom stereocenters. The maximum absolute atomic E-state index is 12.0. The van der Waals surface area contributed by atoms with Gasteiger partial charge in [-0.25, -0.2) is 0 Å². The molecule has 1 amide bonds. The van der Waals surface area contributed by atoms with Crippen LogP contribution in [0.15, 0.2) is 15.2 Å². The summed E-state index contributed by atoms with van der Waals surface area (Å²) in [5, 5.41) is 1.87. The number of carbonyl (C=O) groups excluding carboxylic acids is 1. The third-order valence-corrected chi connectivity index (χ3v) is 3.82. The van der Waals surface area contributed by atoms with Gasteiger partial charge in [0, 0.05) is 24.3 Å². The van der Waals surface area contributed by atoms with Crippen LogP contribution in [0.1, 0.15) is 23.7 Å². The lowest BCUT2D eigenvalue weighted by Gasteiger charge is -2.19. The molecule has 0 spiro atoms. The molecule has 5 heteroatoms. The molecule has 0 N–H and O–H groups in total. The molecule has 0 aliphatic rings. The lowest BCUT2D eigenvalue weighted by Crippen LogP contribution is -2.31. The van der Waals surface area contributed by atoms with E-state index < -0.39 is 0 Å². The number of carbonyl (C=O) groups is 1. The zero-order chi connectivity index (χ0) is 11.3. The number of thiophene rings is 1. The van der Waals surface area contributed by atoms with Gasteiger partial charge in [0.15, 0.2) is 0 Å². The number of amides is 1. The van der Waals surface area contributed by atoms with Gasteiger partial charge < -0.3 is 4.90 Å². The number of hydrogen-bond donors (Lipinski definition) is 0. The summed E-state index contributed by atoms with van der Waals surface area (Å²) in [7, 11) is 0. The second-order valence-corrected chi connectivity index (χ2v) is 5.74. The fraction of sp³-hybridized carbons (Fsp3) is 0.500. The average Bonchev–Trinajstić information content (AvgIpc) is 2.65. The predicted octanol–water partition coefficient (Wildman–Crippen LogP) is 3.60. The van der Waals surface area contributed by atoms with Crippen LogP contribution in [0.5, 0.6) is 0 Å². The summed E-state index contributed by atoms with van der Waals surface area (Å²) in [5.41, 5.74) is 0.753. The first kappa shape index (κ1) is 13.0. The molecule has 0 aliphatic heterocycles. The van der Waals surface area contributed by atoms with E-state index in [0.29, 0.717) is 5.88 Å². The summed E-state index contributed by atoms with van der Waals surface area (Å²) >= 11 is 10.5. The predicted molar refractivity (Wildman–Crippen MR) is 68.9 cm³/mol. The third kappa shape index (κ3) is 3.78. The molecular formula is C10H13BrClNOS. The quantitative estimate of drug-likeness (QED) is 0.761. The van der Waals surface area contributed by atoms with E-state index in [1.807, 2.05) is 23.3 Å². The molecule has 84 valence electrons. The van der Waals surface area contributed by atoms with Gasteiger partial charge in [-0.1, -0.05) is 0 Å². The van der Waals surface area contributed by atoms with Crippen molar-refractivity contribution in [1.29, 1.82) is 0 Å². The topological polar surface area (TPSA) is 20.3 Å². The Morgan fingerprint density at radius 1 is 1.67 bits per heavy atom. The van der Waals surface area contributed by atoms with Gasteiger partial charge in [-0.05, 0) is 35.3 Å². The Bertz CT molecular complexity index is 329. The number of nitrogens with zero attached hydrogens (tertiary/aromatic N) is 1. The van der Waals surface area contributed by atoms with E-state index >= 15 is 0 Å². The molecule has 0 atom stereocenters. The highest BCUT2D eigenvalue weighted by Crippen LogP contribution is 2.21. The van der Waals surface area contributed by atoms with E-state index in [2.05, 4.69) is 15.9 Å². The number of rotatable bonds is 5. The first-order chi connectivity index (χ1) is 7.19. The van der Waals surface area contributed by atoms with Gasteiger partial charge in [0.05, 0.1) is 9.35 Å². The van der Waals surface area contributed by atoms with E-state index in [-0.39, 0.29) is 5.91 Å². The molecule has 0 saturated heterocycles. The molecule has 15 heavy (non-hydrogen) atoms. The molecule has 0 saturated carbocycles. The Hall–Kier alpha value is -0.0600. The van der Waals surface area contributed by atoms with E-state index in [1.54, 1.807) is 0 Å². The van der Waals surface area contributed by atoms with Crippen molar-refractivity contribution in [3.63, 3.8) is 0 Å². The number of alkyl halides is 1. The highest BCUT2D eigenvalue weighted by molar-refractivity contribution is 9.11. The molecule has 1 aromatic rings. The van der Waals surface area contributed by atoms with Crippen LogP contribution in [0.2, 0.25) is 0 Å². The van der Waals surface area contributed by atoms with Crippen molar-refractivity contribution < 1.29 is 4.79 Å². The van der Waals surface area contributed by atoms with Crippen molar-refractivity contribution in [1.82, 2.24) is 4.90 Å². The normalized spacial score (nSPS) is 10.3. The minimum Gasteiger partial charge on any atom is -0.339 e. The van der Waals surface area contributed by atoms with Gasteiger partial charge in [0.25, 0.3) is 5.91 Å². The summed E-state index contributed by atoms with van der Waals surface area (Å²) in [4.78, 5) is 13.8. The third-order valence-electron chi connectivity index (χ3n) is 2.05. The van der Waals surface area contributed by atoms with Crippen LogP contribution >= 0.6 is 38.9 Å². The SMILES string of the molecule is CCN(CCCCl)C(=O)c1csc(Br)c1. The van der Waals surface area contributed by atoms with Crippen LogP contribution in [0, 0.1) is 0 Å². The molecule has 1 rings (SSSR count). The van der Waals surface area contributed by atoms with Crippen molar-refractivity contribution in [2.24, 2.45) is 0 Å². The summed E-state index contributed by atoms with van der Waals surface area (Å²) < 4.78 is 0.985. The van der Waals surface area contributed by atoms with Gasteiger partial charge in [0.1, 0.15) is 0 Å². The Morgan fingerprint density at radius 3 is 2.87 bits per heavy atom. The zero-order valence-corrected chi connectivity index (χ0v) is 11.7. The smallest absolute Gasteiger partial charge is 0.254 e. The van der Waals surface area contributed by atoms with Crippen molar-refractivity contribution in [3.8, 4) is 0 Å². The van der Waals surface area contributed by atoms with E-state index in [0.717, 1.165) is 28.9 Å². The zero-order valence-electron chi connectivity index (χ0n) is 8.50. The first-order valence-corrected chi connectivity index (χ1v) is 6.99. The second-order valence-electron chi connectivity index (χ2n) is 3.07. The van der Waals surface area contributed by atoms with Crippen LogP contribution in [0.3, 0.4) is 0 Å². The fourth-order valence-corrected chi connectivity index (χ4v) is 2.51. The van der Waals surface area contributed by atoms with Crippen molar-refractivity contribution in [2.45, 2.75) is 13.3 Å². The summed E-state index contributed by atoms with van der Waals surface area (Å²) in [6.45, 7) is 3.43. The molecular weight excluding hydrogens is 298 g/mol. The van der Waals surface area contributed by atoms with E-state index in [9.17, 15) is 4.79 Å². The lowest BCUT2D eigenvalue weighted by molar-refractivity contribution is 0.0765. The molecule has 0 fully saturated rings. The molecule has 0 aromatic carbocycles. The van der Waals surface area contributed by atoms with Crippen LogP contribution < -0.4 is 0 Å². The maximum atomic E-state index is 12.0. The van der Waals surface area contributed by atoms with Crippen LogP contribution in [0.25, 0.3) is 0 Å². The largest absolute Gasteiger partial charge is 0.339 e. The Labute approximate surface area is 107 Å². The minimum atomic E-state index is 0.0876. The van der Waals surface area contributed by atoms with E-state index in [1.165, 1.54) is 11.3 Å². The molecule has 1 aromatic heterocycles. The summed E-state index contributed by atoms with van der Waals surface area (Å²) in [5.74, 6) is 0.682. The Kier molecular flexibility index (Phi) is 5.64. The first-order valence-electron chi connectivity index (χ1n) is 4.78. The molecule has 1 heterocycles. The van der Waals surface area contributed by atoms with Gasteiger partial charge in [-0.2, -0.15) is 0 Å². The van der Waals surface area contributed by atoms with E-state index in [4.69, 9.17) is 11.6 Å². The molecule has 0 aliphatic carbocycles. The summed E-state index contributed by atoms with van der Waals surface area (Å²) in [6.07, 6.45) is 0.840. The average molecular weight is 311 g/mol. The minimum absolute atomic E-state index is 0.0876. The van der Waals surface area contributed by atoms with Crippen LogP contribution in [0.4, 0.5) is 0 Å². The fourth-order valence-electron chi connectivity index (χ4n) is 1.26. The van der Waals surface area contributed by atoms with Crippen molar-refractivity contribution in [3.05, 3.63) is 20.8 Å². The highest BCUT2D eigenvalue weighted by Gasteiger charge is 2.14. The second kappa shape index (κ2) is 6.51. The highest BCUT2D eigenvalue weighted by atomic mass is 79.9. The Balaban J connectivity index is 2.64. The van der Waals surface area contributed by atoms with Gasteiger partial charge in [-0.3, -0.25) is 4.79 Å². The number of halogens is 2. The van der Waals surface area contributed by atoms with Gasteiger partial charge >= 0.3 is 0 Å². The molecule has 0 radical (unpaired) electrons. The van der Waals surface area contributed by atoms with Crippen LogP contribution in [-0.2, 0) is 0 Å².